The lowest BCUT2D eigenvalue weighted by molar-refractivity contribution is 0.0125. The quantitative estimate of drug-likeness (QED) is 0.809. The van der Waals surface area contributed by atoms with Crippen LogP contribution in [0.4, 0.5) is 0 Å². The highest BCUT2D eigenvalue weighted by Gasteiger charge is 2.21. The van der Waals surface area contributed by atoms with Gasteiger partial charge >= 0.3 is 0 Å². The molecule has 0 radical (unpaired) electrons. The fourth-order valence-electron chi connectivity index (χ4n) is 1.40. The molecule has 0 aliphatic heterocycles. The summed E-state index contributed by atoms with van der Waals surface area (Å²) in [5.74, 6) is 1.45. The van der Waals surface area contributed by atoms with E-state index in [-0.39, 0.29) is 6.61 Å². The highest BCUT2D eigenvalue weighted by atomic mass is 79.9. The Morgan fingerprint density at radius 2 is 2.17 bits per heavy atom. The maximum Gasteiger partial charge on any atom is 0.133 e. The second-order valence-electron chi connectivity index (χ2n) is 4.36. The molecule has 4 nitrogen and oxygen atoms in total. The molecule has 0 aliphatic carbocycles. The number of hydrogen-bond acceptors (Lipinski definition) is 4. The van der Waals surface area contributed by atoms with Crippen molar-refractivity contribution in [3.8, 4) is 11.5 Å². The largest absolute Gasteiger partial charge is 0.497 e. The van der Waals surface area contributed by atoms with E-state index < -0.39 is 5.60 Å². The fraction of sp³-hybridized carbons (Fsp3) is 0.538. The van der Waals surface area contributed by atoms with Crippen LogP contribution in [0.1, 0.15) is 13.8 Å². The van der Waals surface area contributed by atoms with Crippen LogP contribution in [0.5, 0.6) is 11.5 Å². The van der Waals surface area contributed by atoms with Gasteiger partial charge in [0.15, 0.2) is 0 Å². The molecule has 2 N–H and O–H groups in total. The Morgan fingerprint density at radius 1 is 1.44 bits per heavy atom. The van der Waals surface area contributed by atoms with Crippen LogP contribution >= 0.6 is 15.9 Å². The molecule has 18 heavy (non-hydrogen) atoms. The first kappa shape index (κ1) is 15.3. The zero-order valence-electron chi connectivity index (χ0n) is 11.0. The maximum atomic E-state index is 10.1. The van der Waals surface area contributed by atoms with E-state index in [0.717, 1.165) is 16.8 Å². The summed E-state index contributed by atoms with van der Waals surface area (Å²) in [5.41, 5.74) is -0.893. The minimum absolute atomic E-state index is 0.227. The number of ether oxygens (including phenoxy) is 2. The highest BCUT2D eigenvalue weighted by Crippen LogP contribution is 2.29. The van der Waals surface area contributed by atoms with Gasteiger partial charge in [0, 0.05) is 6.54 Å². The molecule has 5 heteroatoms. The van der Waals surface area contributed by atoms with Crippen molar-refractivity contribution in [2.45, 2.75) is 19.4 Å². The number of methoxy groups -OCH3 is 1. The van der Waals surface area contributed by atoms with Gasteiger partial charge < -0.3 is 19.9 Å². The van der Waals surface area contributed by atoms with Crippen LogP contribution in [-0.4, -0.2) is 37.5 Å². The van der Waals surface area contributed by atoms with Crippen LogP contribution < -0.4 is 14.8 Å². The first-order valence-electron chi connectivity index (χ1n) is 5.88. The van der Waals surface area contributed by atoms with Crippen molar-refractivity contribution in [1.29, 1.82) is 0 Å². The van der Waals surface area contributed by atoms with E-state index >= 15 is 0 Å². The first-order chi connectivity index (χ1) is 8.48. The number of benzene rings is 1. The average molecular weight is 318 g/mol. The van der Waals surface area contributed by atoms with E-state index in [0.29, 0.717) is 12.3 Å². The van der Waals surface area contributed by atoms with Crippen molar-refractivity contribution in [3.05, 3.63) is 22.7 Å². The van der Waals surface area contributed by atoms with Gasteiger partial charge in [-0.15, -0.1) is 0 Å². The molecule has 0 bridgehead atoms. The summed E-state index contributed by atoms with van der Waals surface area (Å²) >= 11 is 3.41. The lowest BCUT2D eigenvalue weighted by Crippen LogP contribution is -2.42. The van der Waals surface area contributed by atoms with Gasteiger partial charge in [-0.3, -0.25) is 0 Å². The summed E-state index contributed by atoms with van der Waals surface area (Å²) in [6.07, 6.45) is 0. The minimum Gasteiger partial charge on any atom is -0.497 e. The van der Waals surface area contributed by atoms with E-state index in [4.69, 9.17) is 9.47 Å². The number of halogens is 1. The van der Waals surface area contributed by atoms with Crippen LogP contribution in [-0.2, 0) is 0 Å². The third-order valence-corrected chi connectivity index (χ3v) is 3.05. The second-order valence-corrected chi connectivity index (χ2v) is 5.22. The van der Waals surface area contributed by atoms with Crippen molar-refractivity contribution in [1.82, 2.24) is 5.32 Å². The molecule has 0 aromatic heterocycles. The minimum atomic E-state index is -0.893. The average Bonchev–Trinajstić information content (AvgIpc) is 2.35. The smallest absolute Gasteiger partial charge is 0.133 e. The molecular formula is C13H20BrNO3. The molecule has 0 saturated heterocycles. The van der Waals surface area contributed by atoms with E-state index in [1.165, 1.54) is 0 Å². The molecule has 102 valence electrons. The number of aliphatic hydroxyl groups is 1. The normalized spacial score (nSPS) is 14.1. The number of likely N-dealkylation sites (N-methyl/N-ethyl adjacent to an activating group) is 1. The van der Waals surface area contributed by atoms with Crippen LogP contribution in [0.3, 0.4) is 0 Å². The first-order valence-corrected chi connectivity index (χ1v) is 6.67. The molecule has 1 aromatic rings. The van der Waals surface area contributed by atoms with Gasteiger partial charge in [0.05, 0.1) is 11.6 Å². The Bertz CT molecular complexity index is 382. The van der Waals surface area contributed by atoms with Gasteiger partial charge in [-0.2, -0.15) is 0 Å². The molecule has 0 aliphatic rings. The highest BCUT2D eigenvalue weighted by molar-refractivity contribution is 9.10. The van der Waals surface area contributed by atoms with Gasteiger partial charge in [0.25, 0.3) is 0 Å². The summed E-state index contributed by atoms with van der Waals surface area (Å²) < 4.78 is 11.5. The van der Waals surface area contributed by atoms with Crippen LogP contribution in [0, 0.1) is 0 Å². The third kappa shape index (κ3) is 4.84. The molecular weight excluding hydrogens is 298 g/mol. The van der Waals surface area contributed by atoms with Gasteiger partial charge in [0.1, 0.15) is 23.7 Å². The van der Waals surface area contributed by atoms with E-state index in [1.54, 1.807) is 14.0 Å². The molecule has 0 spiro atoms. The molecule has 0 fully saturated rings. The Kier molecular flexibility index (Phi) is 5.91. The number of nitrogens with one attached hydrogen (secondary N) is 1. The summed E-state index contributed by atoms with van der Waals surface area (Å²) in [7, 11) is 1.61. The van der Waals surface area contributed by atoms with Gasteiger partial charge in [-0.05, 0) is 47.6 Å². The Balaban J connectivity index is 2.57. The molecule has 1 atom stereocenters. The molecule has 0 amide bonds. The predicted octanol–water partition coefficient (Wildman–Crippen LogP) is 2.20. The predicted molar refractivity (Wildman–Crippen MR) is 75.4 cm³/mol. The number of hydrogen-bond donors (Lipinski definition) is 2. The van der Waals surface area contributed by atoms with E-state index in [9.17, 15) is 5.11 Å². The van der Waals surface area contributed by atoms with Gasteiger partial charge in [-0.25, -0.2) is 0 Å². The summed E-state index contributed by atoms with van der Waals surface area (Å²) in [4.78, 5) is 0. The zero-order chi connectivity index (χ0) is 13.6. The van der Waals surface area contributed by atoms with E-state index in [2.05, 4.69) is 21.2 Å². The fourth-order valence-corrected chi connectivity index (χ4v) is 1.88. The van der Waals surface area contributed by atoms with Crippen molar-refractivity contribution >= 4 is 15.9 Å². The Morgan fingerprint density at radius 3 is 2.72 bits per heavy atom. The van der Waals surface area contributed by atoms with Crippen molar-refractivity contribution in [2.75, 3.05) is 26.8 Å². The van der Waals surface area contributed by atoms with E-state index in [1.807, 2.05) is 25.1 Å². The molecule has 1 rings (SSSR count). The lowest BCUT2D eigenvalue weighted by Gasteiger charge is -2.24. The maximum absolute atomic E-state index is 10.1. The lowest BCUT2D eigenvalue weighted by atomic mass is 10.1. The van der Waals surface area contributed by atoms with Gasteiger partial charge in [-0.1, -0.05) is 6.92 Å². The van der Waals surface area contributed by atoms with Crippen LogP contribution in [0.2, 0.25) is 0 Å². The van der Waals surface area contributed by atoms with Crippen LogP contribution in [0.15, 0.2) is 22.7 Å². The van der Waals surface area contributed by atoms with Crippen molar-refractivity contribution in [3.63, 3.8) is 0 Å². The Hall–Kier alpha value is -0.780. The summed E-state index contributed by atoms with van der Waals surface area (Å²) in [6, 6.07) is 5.46. The number of rotatable bonds is 7. The molecule has 1 aromatic carbocycles. The molecule has 1 unspecified atom stereocenters. The van der Waals surface area contributed by atoms with Crippen molar-refractivity contribution in [2.24, 2.45) is 0 Å². The molecule has 0 saturated carbocycles. The second kappa shape index (κ2) is 6.97. The monoisotopic (exact) mass is 317 g/mol. The third-order valence-electron chi connectivity index (χ3n) is 2.43. The SMILES string of the molecule is CCNCC(C)(O)COc1ccc(OC)cc1Br. The zero-order valence-corrected chi connectivity index (χ0v) is 12.6. The topological polar surface area (TPSA) is 50.7 Å². The standard InChI is InChI=1S/C13H20BrNO3/c1-4-15-8-13(2,16)9-18-12-6-5-10(17-3)7-11(12)14/h5-7,15-16H,4,8-9H2,1-3H3. The van der Waals surface area contributed by atoms with Crippen molar-refractivity contribution < 1.29 is 14.6 Å². The van der Waals surface area contributed by atoms with Crippen LogP contribution in [0.25, 0.3) is 0 Å². The van der Waals surface area contributed by atoms with Gasteiger partial charge in [0.2, 0.25) is 0 Å². The summed E-state index contributed by atoms with van der Waals surface area (Å²) in [6.45, 7) is 5.29. The Labute approximate surface area is 116 Å². The molecule has 0 heterocycles. The summed E-state index contributed by atoms with van der Waals surface area (Å²) in [5, 5.41) is 13.2.